The van der Waals surface area contributed by atoms with Gasteiger partial charge in [-0.2, -0.15) is 0 Å². The lowest BCUT2D eigenvalue weighted by Gasteiger charge is -2.04. The molecule has 0 aliphatic heterocycles. The van der Waals surface area contributed by atoms with E-state index < -0.39 is 0 Å². The Labute approximate surface area is 98.6 Å². The summed E-state index contributed by atoms with van der Waals surface area (Å²) in [7, 11) is 0. The van der Waals surface area contributed by atoms with Crippen molar-refractivity contribution < 1.29 is 4.74 Å². The van der Waals surface area contributed by atoms with Gasteiger partial charge in [-0.3, -0.25) is 4.99 Å². The van der Waals surface area contributed by atoms with Crippen LogP contribution in [0.3, 0.4) is 0 Å². The second kappa shape index (κ2) is 7.49. The summed E-state index contributed by atoms with van der Waals surface area (Å²) in [5.74, 6) is 1.42. The molecule has 4 heteroatoms. The van der Waals surface area contributed by atoms with Crippen LogP contribution in [0.1, 0.15) is 39.5 Å². The Kier molecular flexibility index (Phi) is 6.23. The monoisotopic (exact) mass is 227 g/mol. The van der Waals surface area contributed by atoms with Crippen molar-refractivity contribution >= 4 is 5.96 Å². The van der Waals surface area contributed by atoms with Gasteiger partial charge in [-0.15, -0.1) is 0 Å². The average molecular weight is 227 g/mol. The molecule has 0 aromatic heterocycles. The molecule has 1 fully saturated rings. The van der Waals surface area contributed by atoms with Crippen LogP contribution in [-0.2, 0) is 4.74 Å². The molecule has 2 unspecified atom stereocenters. The molecule has 0 amide bonds. The molecular weight excluding hydrogens is 202 g/mol. The van der Waals surface area contributed by atoms with Crippen molar-refractivity contribution in [3.05, 3.63) is 0 Å². The number of rotatable bonds is 8. The molecule has 0 saturated heterocycles. The zero-order chi connectivity index (χ0) is 11.8. The van der Waals surface area contributed by atoms with Crippen LogP contribution in [0.2, 0.25) is 0 Å². The van der Waals surface area contributed by atoms with Crippen LogP contribution in [0, 0.1) is 5.92 Å². The van der Waals surface area contributed by atoms with E-state index in [0.717, 1.165) is 32.1 Å². The molecule has 94 valence electrons. The average Bonchev–Trinajstić information content (AvgIpc) is 2.97. The summed E-state index contributed by atoms with van der Waals surface area (Å²) < 4.78 is 5.23. The molecule has 2 atom stereocenters. The molecule has 3 N–H and O–H groups in total. The number of aliphatic imine (C=N–C) groups is 1. The zero-order valence-electron chi connectivity index (χ0n) is 10.5. The predicted octanol–water partition coefficient (Wildman–Crippen LogP) is 1.51. The SMILES string of the molecule is CCCC1CC1NC(N)=NCCCOCC. The number of nitrogens with two attached hydrogens (primary N) is 1. The molecule has 16 heavy (non-hydrogen) atoms. The van der Waals surface area contributed by atoms with Crippen LogP contribution in [0.4, 0.5) is 0 Å². The number of hydrogen-bond acceptors (Lipinski definition) is 2. The fraction of sp³-hybridized carbons (Fsp3) is 0.917. The van der Waals surface area contributed by atoms with Gasteiger partial charge >= 0.3 is 0 Å². The van der Waals surface area contributed by atoms with E-state index in [0.29, 0.717) is 12.0 Å². The smallest absolute Gasteiger partial charge is 0.188 e. The van der Waals surface area contributed by atoms with Gasteiger partial charge in [0.25, 0.3) is 0 Å². The van der Waals surface area contributed by atoms with Gasteiger partial charge in [0.05, 0.1) is 0 Å². The number of hydrogen-bond donors (Lipinski definition) is 2. The summed E-state index contributed by atoms with van der Waals surface area (Å²) in [5.41, 5.74) is 5.79. The van der Waals surface area contributed by atoms with Crippen LogP contribution < -0.4 is 11.1 Å². The summed E-state index contributed by atoms with van der Waals surface area (Å²) in [6.07, 6.45) is 4.76. The third-order valence-corrected chi connectivity index (χ3v) is 2.85. The van der Waals surface area contributed by atoms with Crippen molar-refractivity contribution in [1.82, 2.24) is 5.32 Å². The minimum Gasteiger partial charge on any atom is -0.382 e. The van der Waals surface area contributed by atoms with Crippen molar-refractivity contribution in [3.8, 4) is 0 Å². The highest BCUT2D eigenvalue weighted by molar-refractivity contribution is 5.78. The minimum absolute atomic E-state index is 0.579. The van der Waals surface area contributed by atoms with Crippen molar-refractivity contribution in [2.75, 3.05) is 19.8 Å². The Bertz CT molecular complexity index is 218. The van der Waals surface area contributed by atoms with Crippen LogP contribution in [0.25, 0.3) is 0 Å². The second-order valence-electron chi connectivity index (χ2n) is 4.35. The van der Waals surface area contributed by atoms with Crippen LogP contribution >= 0.6 is 0 Å². The quantitative estimate of drug-likeness (QED) is 0.375. The highest BCUT2D eigenvalue weighted by atomic mass is 16.5. The van der Waals surface area contributed by atoms with E-state index in [9.17, 15) is 0 Å². The fourth-order valence-electron chi connectivity index (χ4n) is 1.86. The van der Waals surface area contributed by atoms with Gasteiger partial charge in [0.2, 0.25) is 0 Å². The first-order chi connectivity index (χ1) is 7.77. The lowest BCUT2D eigenvalue weighted by molar-refractivity contribution is 0.146. The topological polar surface area (TPSA) is 59.6 Å². The Morgan fingerprint density at radius 1 is 1.50 bits per heavy atom. The summed E-state index contributed by atoms with van der Waals surface area (Å²) in [6.45, 7) is 6.53. The molecule has 4 nitrogen and oxygen atoms in total. The van der Waals surface area contributed by atoms with Gasteiger partial charge in [0, 0.05) is 25.8 Å². The lowest BCUT2D eigenvalue weighted by atomic mass is 10.2. The fourth-order valence-corrected chi connectivity index (χ4v) is 1.86. The first-order valence-corrected chi connectivity index (χ1v) is 6.42. The van der Waals surface area contributed by atoms with Crippen molar-refractivity contribution in [1.29, 1.82) is 0 Å². The molecule has 0 spiro atoms. The molecule has 1 aliphatic carbocycles. The molecule has 1 aliphatic rings. The third kappa shape index (κ3) is 5.35. The number of nitrogens with zero attached hydrogens (tertiary/aromatic N) is 1. The maximum atomic E-state index is 5.79. The van der Waals surface area contributed by atoms with Gasteiger partial charge < -0.3 is 15.8 Å². The lowest BCUT2D eigenvalue weighted by Crippen LogP contribution is -2.34. The van der Waals surface area contributed by atoms with E-state index >= 15 is 0 Å². The van der Waals surface area contributed by atoms with E-state index in [1.807, 2.05) is 6.92 Å². The zero-order valence-corrected chi connectivity index (χ0v) is 10.5. The maximum Gasteiger partial charge on any atom is 0.188 e. The van der Waals surface area contributed by atoms with Crippen molar-refractivity contribution in [2.24, 2.45) is 16.6 Å². The second-order valence-corrected chi connectivity index (χ2v) is 4.35. The molecular formula is C12H25N3O. The summed E-state index contributed by atoms with van der Waals surface area (Å²) in [4.78, 5) is 4.27. The normalized spacial score (nSPS) is 24.5. The van der Waals surface area contributed by atoms with E-state index in [4.69, 9.17) is 10.5 Å². The predicted molar refractivity (Wildman–Crippen MR) is 67.5 cm³/mol. The first kappa shape index (κ1) is 13.3. The van der Waals surface area contributed by atoms with Gasteiger partial charge in [-0.25, -0.2) is 0 Å². The number of guanidine groups is 1. The van der Waals surface area contributed by atoms with E-state index in [2.05, 4.69) is 17.2 Å². The molecule has 0 aromatic carbocycles. The number of nitrogens with one attached hydrogen (secondary N) is 1. The minimum atomic E-state index is 0.579. The molecule has 0 bridgehead atoms. The molecule has 1 rings (SSSR count). The van der Waals surface area contributed by atoms with Gasteiger partial charge in [-0.1, -0.05) is 13.3 Å². The van der Waals surface area contributed by atoms with Crippen molar-refractivity contribution in [2.45, 2.75) is 45.6 Å². The molecule has 0 radical (unpaired) electrons. The van der Waals surface area contributed by atoms with Gasteiger partial charge in [0.1, 0.15) is 0 Å². The largest absolute Gasteiger partial charge is 0.382 e. The standard InChI is InChI=1S/C12H25N3O/c1-3-6-10-9-11(10)15-12(13)14-7-5-8-16-4-2/h10-11H,3-9H2,1-2H3,(H3,13,14,15). The Morgan fingerprint density at radius 3 is 3.00 bits per heavy atom. The highest BCUT2D eigenvalue weighted by Crippen LogP contribution is 2.34. The Balaban J connectivity index is 2.02. The van der Waals surface area contributed by atoms with Crippen LogP contribution in [-0.4, -0.2) is 31.8 Å². The third-order valence-electron chi connectivity index (χ3n) is 2.85. The number of ether oxygens (including phenoxy) is 1. The van der Waals surface area contributed by atoms with Crippen molar-refractivity contribution in [3.63, 3.8) is 0 Å². The molecule has 1 saturated carbocycles. The van der Waals surface area contributed by atoms with Gasteiger partial charge in [0.15, 0.2) is 5.96 Å². The first-order valence-electron chi connectivity index (χ1n) is 6.42. The Morgan fingerprint density at radius 2 is 2.31 bits per heavy atom. The highest BCUT2D eigenvalue weighted by Gasteiger charge is 2.36. The van der Waals surface area contributed by atoms with Crippen LogP contribution in [0.15, 0.2) is 4.99 Å². The van der Waals surface area contributed by atoms with E-state index in [-0.39, 0.29) is 0 Å². The molecule has 0 heterocycles. The van der Waals surface area contributed by atoms with Crippen LogP contribution in [0.5, 0.6) is 0 Å². The van der Waals surface area contributed by atoms with E-state index in [1.165, 1.54) is 19.3 Å². The summed E-state index contributed by atoms with van der Waals surface area (Å²) in [6, 6.07) is 0.579. The maximum absolute atomic E-state index is 5.79. The summed E-state index contributed by atoms with van der Waals surface area (Å²) in [5, 5.41) is 3.27. The molecule has 0 aromatic rings. The van der Waals surface area contributed by atoms with E-state index in [1.54, 1.807) is 0 Å². The summed E-state index contributed by atoms with van der Waals surface area (Å²) >= 11 is 0. The van der Waals surface area contributed by atoms with Gasteiger partial charge in [-0.05, 0) is 32.1 Å². The Hall–Kier alpha value is -0.770.